The van der Waals surface area contributed by atoms with Crippen LogP contribution in [-0.2, 0) is 11.2 Å². The second-order valence-corrected chi connectivity index (χ2v) is 10.7. The van der Waals surface area contributed by atoms with Crippen molar-refractivity contribution in [2.45, 2.75) is 57.8 Å². The normalized spacial score (nSPS) is 12.0. The first-order valence-electron chi connectivity index (χ1n) is 14.1. The molecule has 2 unspecified atom stereocenters. The summed E-state index contributed by atoms with van der Waals surface area (Å²) >= 11 is 0. The molecule has 2 atom stereocenters. The maximum Gasteiger partial charge on any atom is 1.00 e. The van der Waals surface area contributed by atoms with Gasteiger partial charge in [-0.05, 0) is 68.5 Å². The van der Waals surface area contributed by atoms with E-state index in [4.69, 9.17) is 0 Å². The summed E-state index contributed by atoms with van der Waals surface area (Å²) in [4.78, 5) is 40.2. The Kier molecular flexibility index (Phi) is 15.3. The van der Waals surface area contributed by atoms with Crippen LogP contribution in [0.2, 0.25) is 0 Å². The SMILES string of the molecule is CC(C)n1c(CCC(O)CC(O)CC(=O)[O-])c(-c2ccc(F)cc2)c(-c2ccccc2)c1C(=O)Nc1ccc(C(=O)[O-])cn1.[Na+].[Na+]. The van der Waals surface area contributed by atoms with Crippen molar-refractivity contribution < 1.29 is 98.3 Å². The third-order valence-electron chi connectivity index (χ3n) is 7.14. The van der Waals surface area contributed by atoms with E-state index < -0.39 is 42.3 Å². The first kappa shape index (κ1) is 39.3. The van der Waals surface area contributed by atoms with Crippen LogP contribution >= 0.6 is 0 Å². The van der Waals surface area contributed by atoms with Crippen molar-refractivity contribution in [3.8, 4) is 22.3 Å². The van der Waals surface area contributed by atoms with E-state index in [1.54, 1.807) is 12.1 Å². The number of amides is 1. The summed E-state index contributed by atoms with van der Waals surface area (Å²) in [6.07, 6.45) is -1.73. The predicted octanol–water partition coefficient (Wildman–Crippen LogP) is -3.25. The van der Waals surface area contributed by atoms with Crippen molar-refractivity contribution >= 4 is 23.7 Å². The molecule has 2 heterocycles. The van der Waals surface area contributed by atoms with Gasteiger partial charge in [-0.3, -0.25) is 4.79 Å². The molecule has 4 aromatic rings. The number of halogens is 1. The fourth-order valence-corrected chi connectivity index (χ4v) is 5.27. The third-order valence-corrected chi connectivity index (χ3v) is 7.14. The van der Waals surface area contributed by atoms with E-state index >= 15 is 0 Å². The van der Waals surface area contributed by atoms with Crippen LogP contribution in [-0.4, -0.2) is 49.8 Å². The molecule has 46 heavy (non-hydrogen) atoms. The van der Waals surface area contributed by atoms with Gasteiger partial charge in [-0.2, -0.15) is 0 Å². The maximum absolute atomic E-state index is 14.1. The van der Waals surface area contributed by atoms with Crippen LogP contribution in [0.1, 0.15) is 65.7 Å². The smallest absolute Gasteiger partial charge is 0.550 e. The number of carboxylic acid groups (broad SMARTS) is 2. The van der Waals surface area contributed by atoms with Gasteiger partial charge in [0.05, 0.1) is 18.2 Å². The molecule has 0 fully saturated rings. The predicted molar refractivity (Wildman–Crippen MR) is 157 cm³/mol. The topological polar surface area (TPSA) is 168 Å². The van der Waals surface area contributed by atoms with Crippen molar-refractivity contribution in [1.29, 1.82) is 0 Å². The van der Waals surface area contributed by atoms with Crippen molar-refractivity contribution in [3.05, 3.63) is 95.7 Å². The Labute approximate surface area is 310 Å². The molecule has 10 nitrogen and oxygen atoms in total. The number of aliphatic hydroxyl groups is 2. The average molecular weight is 648 g/mol. The van der Waals surface area contributed by atoms with Gasteiger partial charge < -0.3 is 39.9 Å². The van der Waals surface area contributed by atoms with Crippen LogP contribution < -0.4 is 74.6 Å². The molecule has 0 spiro atoms. The van der Waals surface area contributed by atoms with Crippen LogP contribution in [0.5, 0.6) is 0 Å². The molecule has 230 valence electrons. The Morgan fingerprint density at radius 3 is 2.07 bits per heavy atom. The monoisotopic (exact) mass is 647 g/mol. The van der Waals surface area contributed by atoms with Crippen molar-refractivity contribution in [2.24, 2.45) is 0 Å². The minimum Gasteiger partial charge on any atom is -0.550 e. The van der Waals surface area contributed by atoms with Crippen LogP contribution in [0.4, 0.5) is 10.2 Å². The van der Waals surface area contributed by atoms with Gasteiger partial charge in [0.1, 0.15) is 17.3 Å². The van der Waals surface area contributed by atoms with E-state index in [-0.39, 0.29) is 101 Å². The molecule has 0 aliphatic carbocycles. The second-order valence-electron chi connectivity index (χ2n) is 10.7. The minimum absolute atomic E-state index is 0. The fourth-order valence-electron chi connectivity index (χ4n) is 5.27. The summed E-state index contributed by atoms with van der Waals surface area (Å²) in [5.41, 5.74) is 3.28. The van der Waals surface area contributed by atoms with E-state index in [9.17, 15) is 39.2 Å². The molecular weight excluding hydrogens is 615 g/mol. The summed E-state index contributed by atoms with van der Waals surface area (Å²) in [7, 11) is 0. The molecule has 0 aliphatic rings. The van der Waals surface area contributed by atoms with Gasteiger partial charge in [0.2, 0.25) is 0 Å². The molecule has 13 heteroatoms. The number of rotatable bonds is 13. The zero-order chi connectivity index (χ0) is 32.0. The number of pyridine rings is 1. The molecule has 0 aliphatic heterocycles. The number of carbonyl (C=O) groups is 3. The van der Waals surface area contributed by atoms with Gasteiger partial charge in [-0.15, -0.1) is 0 Å². The van der Waals surface area contributed by atoms with Crippen molar-refractivity contribution in [1.82, 2.24) is 9.55 Å². The van der Waals surface area contributed by atoms with Gasteiger partial charge in [0.15, 0.2) is 0 Å². The first-order valence-corrected chi connectivity index (χ1v) is 14.1. The van der Waals surface area contributed by atoms with Crippen LogP contribution in [0.25, 0.3) is 22.3 Å². The summed E-state index contributed by atoms with van der Waals surface area (Å²) in [5, 5.41) is 45.5. The Balaban J connectivity index is 0.00000368. The maximum atomic E-state index is 14.1. The number of nitrogens with zero attached hydrogens (tertiary/aromatic N) is 2. The van der Waals surface area contributed by atoms with E-state index in [0.717, 1.165) is 6.20 Å². The molecule has 0 saturated heterocycles. The molecule has 4 rings (SSSR count). The van der Waals surface area contributed by atoms with Crippen LogP contribution in [0.15, 0.2) is 72.9 Å². The number of aliphatic carboxylic acids is 1. The zero-order valence-corrected chi connectivity index (χ0v) is 30.2. The molecule has 2 aromatic carbocycles. The number of nitrogens with one attached hydrogen (secondary N) is 1. The van der Waals surface area contributed by atoms with Gasteiger partial charge >= 0.3 is 59.1 Å². The second kappa shape index (κ2) is 17.9. The van der Waals surface area contributed by atoms with Gasteiger partial charge in [0, 0.05) is 47.0 Å². The van der Waals surface area contributed by atoms with Crippen LogP contribution in [0, 0.1) is 5.82 Å². The summed E-state index contributed by atoms with van der Waals surface area (Å²) in [5.74, 6) is -3.70. The first-order chi connectivity index (χ1) is 21.0. The number of anilines is 1. The van der Waals surface area contributed by atoms with Gasteiger partial charge in [0.25, 0.3) is 5.91 Å². The largest absolute Gasteiger partial charge is 1.00 e. The molecule has 0 bridgehead atoms. The summed E-state index contributed by atoms with van der Waals surface area (Å²) in [6, 6.07) is 17.3. The Morgan fingerprint density at radius 1 is 0.891 bits per heavy atom. The standard InChI is InChI=1S/C33H34FN3O7.2Na/c1-19(2)37-26(14-13-24(38)16-25(39)17-28(40)41)29(21-8-11-23(34)12-9-21)30(20-6-4-3-5-7-20)31(37)32(42)36-27-15-10-22(18-35-27)33(43)44;;/h3-12,15,18-19,24-25,38-39H,13-14,16-17H2,1-2H3,(H,40,41)(H,43,44)(H,35,36,42);;/q;2*+1/p-2. The molecule has 3 N–H and O–H groups in total. The van der Waals surface area contributed by atoms with E-state index in [1.165, 1.54) is 24.3 Å². The number of aliphatic hydroxyl groups excluding tert-OH is 2. The fraction of sp³-hybridized carbons (Fsp3) is 0.273. The van der Waals surface area contributed by atoms with Crippen molar-refractivity contribution in [2.75, 3.05) is 5.32 Å². The number of hydrogen-bond acceptors (Lipinski definition) is 8. The minimum atomic E-state index is -1.43. The van der Waals surface area contributed by atoms with Gasteiger partial charge in [-0.25, -0.2) is 9.37 Å². The van der Waals surface area contributed by atoms with E-state index in [2.05, 4.69) is 10.3 Å². The molecule has 0 radical (unpaired) electrons. The summed E-state index contributed by atoms with van der Waals surface area (Å²) in [6.45, 7) is 3.77. The number of aromatic nitrogens is 2. The number of hydrogen-bond donors (Lipinski definition) is 3. The Hall–Kier alpha value is -2.87. The summed E-state index contributed by atoms with van der Waals surface area (Å²) < 4.78 is 15.9. The third kappa shape index (κ3) is 9.82. The van der Waals surface area contributed by atoms with Gasteiger partial charge in [-0.1, -0.05) is 42.5 Å². The molecule has 2 aromatic heterocycles. The number of carboxylic acids is 2. The van der Waals surface area contributed by atoms with E-state index in [0.29, 0.717) is 27.9 Å². The number of aromatic carboxylic acids is 1. The van der Waals surface area contributed by atoms with Crippen molar-refractivity contribution in [3.63, 3.8) is 0 Å². The molecule has 1 amide bonds. The molecular formula is C33H32FN3Na2O7. The number of carbonyl (C=O) groups excluding carboxylic acids is 3. The zero-order valence-electron chi connectivity index (χ0n) is 26.2. The Morgan fingerprint density at radius 2 is 1.52 bits per heavy atom. The quantitative estimate of drug-likeness (QED) is 0.127. The Bertz CT molecular complexity index is 1630. The molecule has 0 saturated carbocycles. The van der Waals surface area contributed by atoms with E-state index in [1.807, 2.05) is 48.7 Å². The number of benzene rings is 2. The average Bonchev–Trinajstić information content (AvgIpc) is 3.32. The van der Waals surface area contributed by atoms with Crippen LogP contribution in [0.3, 0.4) is 0 Å².